The number of aliphatic hydroxyl groups is 2. The smallest absolute Gasteiger partial charge is 0.124 e. The number of aliphatic hydroxyl groups excluding tert-OH is 2. The lowest BCUT2D eigenvalue weighted by atomic mass is 10.1. The minimum absolute atomic E-state index is 0.184. The fourth-order valence-electron chi connectivity index (χ4n) is 2.01. The Morgan fingerprint density at radius 2 is 2.00 bits per heavy atom. The maximum Gasteiger partial charge on any atom is 0.124 e. The van der Waals surface area contributed by atoms with Gasteiger partial charge in [0.15, 0.2) is 0 Å². The highest BCUT2D eigenvalue weighted by atomic mass is 32.2. The van der Waals surface area contributed by atoms with E-state index in [1.54, 1.807) is 11.8 Å². The van der Waals surface area contributed by atoms with Crippen LogP contribution in [0.4, 0.5) is 0 Å². The molecular weight excluding hydrogens is 286 g/mol. The van der Waals surface area contributed by atoms with Crippen molar-refractivity contribution in [2.45, 2.75) is 32.4 Å². The number of hydrogen-bond donors (Lipinski definition) is 3. The van der Waals surface area contributed by atoms with Crippen LogP contribution in [0, 0.1) is 0 Å². The zero-order valence-electron chi connectivity index (χ0n) is 12.9. The molecule has 2 atom stereocenters. The lowest BCUT2D eigenvalue weighted by Crippen LogP contribution is -2.26. The highest BCUT2D eigenvalue weighted by molar-refractivity contribution is 7.99. The van der Waals surface area contributed by atoms with Crippen LogP contribution in [0.1, 0.15) is 31.9 Å². The Balaban J connectivity index is 2.71. The zero-order chi connectivity index (χ0) is 15.5. The van der Waals surface area contributed by atoms with Gasteiger partial charge in [-0.25, -0.2) is 0 Å². The third-order valence-electron chi connectivity index (χ3n) is 3.04. The molecule has 0 aromatic heterocycles. The van der Waals surface area contributed by atoms with E-state index in [0.29, 0.717) is 12.4 Å². The molecule has 21 heavy (non-hydrogen) atoms. The Kier molecular flexibility index (Phi) is 9.50. The van der Waals surface area contributed by atoms with Crippen molar-refractivity contribution in [3.63, 3.8) is 0 Å². The summed E-state index contributed by atoms with van der Waals surface area (Å²) in [6.45, 7) is 5.52. The minimum atomic E-state index is -0.649. The highest BCUT2D eigenvalue weighted by Gasteiger charge is 2.16. The van der Waals surface area contributed by atoms with E-state index in [9.17, 15) is 5.11 Å². The van der Waals surface area contributed by atoms with Gasteiger partial charge in [-0.15, -0.1) is 0 Å². The molecule has 2 unspecified atom stereocenters. The van der Waals surface area contributed by atoms with Gasteiger partial charge in [-0.05, 0) is 26.0 Å². The Hall–Kier alpha value is -0.750. The summed E-state index contributed by atoms with van der Waals surface area (Å²) in [5.41, 5.74) is 1.15. The van der Waals surface area contributed by atoms with Crippen LogP contribution in [-0.4, -0.2) is 47.6 Å². The molecule has 4 nitrogen and oxygen atoms in total. The number of benzene rings is 1. The van der Waals surface area contributed by atoms with Gasteiger partial charge in [0.25, 0.3) is 0 Å². The van der Waals surface area contributed by atoms with Crippen molar-refractivity contribution in [3.8, 4) is 5.75 Å². The van der Waals surface area contributed by atoms with Crippen molar-refractivity contribution in [3.05, 3.63) is 29.8 Å². The SMILES string of the molecule is CCCNC(CSCC(O)CO)c1ccccc1OCC. The molecule has 0 amide bonds. The van der Waals surface area contributed by atoms with E-state index < -0.39 is 6.10 Å². The largest absolute Gasteiger partial charge is 0.494 e. The molecule has 1 rings (SSSR count). The normalized spacial score (nSPS) is 13.9. The molecule has 0 saturated carbocycles. The van der Waals surface area contributed by atoms with Gasteiger partial charge < -0.3 is 20.3 Å². The van der Waals surface area contributed by atoms with Crippen molar-refractivity contribution < 1.29 is 14.9 Å². The topological polar surface area (TPSA) is 61.7 Å². The molecule has 0 bridgehead atoms. The van der Waals surface area contributed by atoms with E-state index in [2.05, 4.69) is 18.3 Å². The minimum Gasteiger partial charge on any atom is -0.494 e. The van der Waals surface area contributed by atoms with Crippen LogP contribution in [0.15, 0.2) is 24.3 Å². The summed E-state index contributed by atoms with van der Waals surface area (Å²) in [4.78, 5) is 0. The molecule has 0 saturated heterocycles. The van der Waals surface area contributed by atoms with E-state index in [1.165, 1.54) is 0 Å². The van der Waals surface area contributed by atoms with Crippen LogP contribution in [-0.2, 0) is 0 Å². The van der Waals surface area contributed by atoms with Crippen molar-refractivity contribution in [2.24, 2.45) is 0 Å². The van der Waals surface area contributed by atoms with Crippen molar-refractivity contribution >= 4 is 11.8 Å². The quantitative estimate of drug-likeness (QED) is 0.585. The van der Waals surface area contributed by atoms with E-state index in [-0.39, 0.29) is 12.6 Å². The number of thioether (sulfide) groups is 1. The first-order chi connectivity index (χ1) is 10.2. The van der Waals surface area contributed by atoms with Gasteiger partial charge in [0.1, 0.15) is 5.75 Å². The fraction of sp³-hybridized carbons (Fsp3) is 0.625. The zero-order valence-corrected chi connectivity index (χ0v) is 13.7. The lowest BCUT2D eigenvalue weighted by Gasteiger charge is -2.22. The molecule has 0 aliphatic carbocycles. The molecule has 0 aliphatic rings. The lowest BCUT2D eigenvalue weighted by molar-refractivity contribution is 0.113. The molecule has 0 radical (unpaired) electrons. The van der Waals surface area contributed by atoms with Crippen LogP contribution in [0.5, 0.6) is 5.75 Å². The summed E-state index contributed by atoms with van der Waals surface area (Å²) >= 11 is 1.64. The van der Waals surface area contributed by atoms with Crippen LogP contribution in [0.2, 0.25) is 0 Å². The summed E-state index contributed by atoms with van der Waals surface area (Å²) in [7, 11) is 0. The standard InChI is InChI=1S/C16H27NO3S/c1-3-9-17-15(12-21-11-13(19)10-18)14-7-5-6-8-16(14)20-4-2/h5-8,13,15,17-19H,3-4,9-12H2,1-2H3. The monoisotopic (exact) mass is 313 g/mol. The molecule has 5 heteroatoms. The van der Waals surface area contributed by atoms with Gasteiger partial charge in [0, 0.05) is 23.1 Å². The predicted molar refractivity (Wildman–Crippen MR) is 89.1 cm³/mol. The van der Waals surface area contributed by atoms with Crippen LogP contribution in [0.25, 0.3) is 0 Å². The summed E-state index contributed by atoms with van der Waals surface area (Å²) in [5.74, 6) is 2.29. The maximum atomic E-state index is 9.44. The number of ether oxygens (including phenoxy) is 1. The number of rotatable bonds is 11. The molecule has 1 aromatic rings. The first kappa shape index (κ1) is 18.3. The van der Waals surface area contributed by atoms with Gasteiger partial charge in [0.05, 0.1) is 19.3 Å². The molecular formula is C16H27NO3S. The summed E-state index contributed by atoms with van der Waals surface area (Å²) in [6.07, 6.45) is 0.418. The molecule has 3 N–H and O–H groups in total. The number of hydrogen-bond acceptors (Lipinski definition) is 5. The van der Waals surface area contributed by atoms with Gasteiger partial charge in [-0.3, -0.25) is 0 Å². The maximum absolute atomic E-state index is 9.44. The second-order valence-electron chi connectivity index (χ2n) is 4.85. The van der Waals surface area contributed by atoms with Crippen LogP contribution >= 0.6 is 11.8 Å². The molecule has 1 aromatic carbocycles. The summed E-state index contributed by atoms with van der Waals surface area (Å²) in [6, 6.07) is 8.26. The Labute approximate surface area is 131 Å². The summed E-state index contributed by atoms with van der Waals surface area (Å²) in [5, 5.41) is 21.8. The second-order valence-corrected chi connectivity index (χ2v) is 5.93. The molecule has 0 aliphatic heterocycles. The van der Waals surface area contributed by atoms with Gasteiger partial charge >= 0.3 is 0 Å². The average Bonchev–Trinajstić information content (AvgIpc) is 2.51. The third kappa shape index (κ3) is 6.70. The number of nitrogens with one attached hydrogen (secondary N) is 1. The third-order valence-corrected chi connectivity index (χ3v) is 4.23. The average molecular weight is 313 g/mol. The fourth-order valence-corrected chi connectivity index (χ4v) is 3.05. The van der Waals surface area contributed by atoms with E-state index in [0.717, 1.165) is 30.0 Å². The second kappa shape index (κ2) is 10.9. The first-order valence-corrected chi connectivity index (χ1v) is 8.70. The molecule has 120 valence electrons. The Morgan fingerprint density at radius 3 is 2.67 bits per heavy atom. The van der Waals surface area contributed by atoms with Gasteiger partial charge in [0.2, 0.25) is 0 Å². The van der Waals surface area contributed by atoms with E-state index in [4.69, 9.17) is 9.84 Å². The summed E-state index contributed by atoms with van der Waals surface area (Å²) < 4.78 is 5.71. The van der Waals surface area contributed by atoms with Gasteiger partial charge in [-0.1, -0.05) is 25.1 Å². The molecule has 0 fully saturated rings. The Morgan fingerprint density at radius 1 is 1.24 bits per heavy atom. The van der Waals surface area contributed by atoms with Gasteiger partial charge in [-0.2, -0.15) is 11.8 Å². The van der Waals surface area contributed by atoms with E-state index in [1.807, 2.05) is 25.1 Å². The van der Waals surface area contributed by atoms with Crippen molar-refractivity contribution in [1.29, 1.82) is 0 Å². The van der Waals surface area contributed by atoms with E-state index >= 15 is 0 Å². The molecule has 0 spiro atoms. The van der Waals surface area contributed by atoms with Crippen LogP contribution in [0.3, 0.4) is 0 Å². The molecule has 0 heterocycles. The predicted octanol–water partition coefficient (Wildman–Crippen LogP) is 2.21. The number of para-hydroxylation sites is 1. The van der Waals surface area contributed by atoms with Crippen LogP contribution < -0.4 is 10.1 Å². The Bertz CT molecular complexity index is 390. The van der Waals surface area contributed by atoms with Crippen molar-refractivity contribution in [1.82, 2.24) is 5.32 Å². The van der Waals surface area contributed by atoms with Crippen molar-refractivity contribution in [2.75, 3.05) is 31.3 Å². The first-order valence-electron chi connectivity index (χ1n) is 7.54. The highest BCUT2D eigenvalue weighted by Crippen LogP contribution is 2.28.